The van der Waals surface area contributed by atoms with Gasteiger partial charge in [-0.25, -0.2) is 0 Å². The van der Waals surface area contributed by atoms with E-state index in [-0.39, 0.29) is 6.10 Å². The van der Waals surface area contributed by atoms with Gasteiger partial charge in [0.15, 0.2) is 0 Å². The van der Waals surface area contributed by atoms with Gasteiger partial charge in [-0.3, -0.25) is 4.90 Å². The van der Waals surface area contributed by atoms with E-state index in [0.29, 0.717) is 18.6 Å². The molecule has 3 heteroatoms. The van der Waals surface area contributed by atoms with Crippen molar-refractivity contribution in [2.45, 2.75) is 43.9 Å². The normalized spacial score (nSPS) is 41.2. The molecule has 0 aliphatic carbocycles. The zero-order valence-electron chi connectivity index (χ0n) is 7.11. The molecule has 2 bridgehead atoms. The standard InChI is InChI=1S/C9H14N2O/c10-3-4-11-7-1-2-8(11)6-9(12)5-7/h7-9,12H,1-2,4-6H2. The first kappa shape index (κ1) is 8.03. The molecule has 3 nitrogen and oxygen atoms in total. The van der Waals surface area contributed by atoms with E-state index in [0.717, 1.165) is 12.8 Å². The third kappa shape index (κ3) is 1.21. The van der Waals surface area contributed by atoms with Crippen LogP contribution in [0.25, 0.3) is 0 Å². The molecule has 0 saturated carbocycles. The summed E-state index contributed by atoms with van der Waals surface area (Å²) in [6, 6.07) is 3.17. The number of nitrogens with zero attached hydrogens (tertiary/aromatic N) is 2. The highest BCUT2D eigenvalue weighted by Gasteiger charge is 2.39. The van der Waals surface area contributed by atoms with E-state index in [9.17, 15) is 5.11 Å². The van der Waals surface area contributed by atoms with Crippen molar-refractivity contribution in [1.82, 2.24) is 4.90 Å². The largest absolute Gasteiger partial charge is 0.393 e. The van der Waals surface area contributed by atoms with Gasteiger partial charge in [0.1, 0.15) is 0 Å². The molecule has 2 fully saturated rings. The highest BCUT2D eigenvalue weighted by atomic mass is 16.3. The fraction of sp³-hybridized carbons (Fsp3) is 0.889. The molecule has 2 heterocycles. The maximum absolute atomic E-state index is 9.47. The quantitative estimate of drug-likeness (QED) is 0.577. The molecule has 0 radical (unpaired) electrons. The molecule has 2 saturated heterocycles. The second kappa shape index (κ2) is 3.04. The molecule has 0 aromatic heterocycles. The molecule has 2 rings (SSSR count). The van der Waals surface area contributed by atoms with Crippen molar-refractivity contribution < 1.29 is 5.11 Å². The van der Waals surface area contributed by atoms with Crippen LogP contribution in [0.5, 0.6) is 0 Å². The molecular formula is C9H14N2O. The van der Waals surface area contributed by atoms with Gasteiger partial charge in [0.05, 0.1) is 18.7 Å². The molecule has 0 aromatic rings. The van der Waals surface area contributed by atoms with Crippen molar-refractivity contribution in [3.63, 3.8) is 0 Å². The summed E-state index contributed by atoms with van der Waals surface area (Å²) >= 11 is 0. The lowest BCUT2D eigenvalue weighted by Gasteiger charge is -2.35. The van der Waals surface area contributed by atoms with Crippen LogP contribution >= 0.6 is 0 Å². The van der Waals surface area contributed by atoms with E-state index in [1.165, 1.54) is 12.8 Å². The number of nitriles is 1. The minimum atomic E-state index is -0.113. The number of aliphatic hydroxyl groups excluding tert-OH is 1. The molecule has 2 aliphatic rings. The van der Waals surface area contributed by atoms with Crippen LogP contribution in [0.1, 0.15) is 25.7 Å². The molecule has 2 unspecified atom stereocenters. The maximum Gasteiger partial charge on any atom is 0.0870 e. The number of aliphatic hydroxyl groups is 1. The lowest BCUT2D eigenvalue weighted by molar-refractivity contribution is 0.0430. The predicted molar refractivity (Wildman–Crippen MR) is 44.4 cm³/mol. The number of hydrogen-bond donors (Lipinski definition) is 1. The Hall–Kier alpha value is -0.590. The van der Waals surface area contributed by atoms with E-state index in [4.69, 9.17) is 5.26 Å². The summed E-state index contributed by atoms with van der Waals surface area (Å²) < 4.78 is 0. The van der Waals surface area contributed by atoms with Crippen LogP contribution in [0.4, 0.5) is 0 Å². The Balaban J connectivity index is 2.05. The molecule has 0 spiro atoms. The lowest BCUT2D eigenvalue weighted by Crippen LogP contribution is -2.44. The Morgan fingerprint density at radius 3 is 2.42 bits per heavy atom. The second-order valence-corrected chi connectivity index (χ2v) is 3.84. The van der Waals surface area contributed by atoms with Gasteiger partial charge < -0.3 is 5.11 Å². The minimum absolute atomic E-state index is 0.113. The summed E-state index contributed by atoms with van der Waals surface area (Å²) in [6.45, 7) is 0.544. The van der Waals surface area contributed by atoms with Crippen LogP contribution < -0.4 is 0 Å². The molecule has 0 amide bonds. The van der Waals surface area contributed by atoms with Crippen LogP contribution in [-0.2, 0) is 0 Å². The molecule has 2 atom stereocenters. The minimum Gasteiger partial charge on any atom is -0.393 e. The highest BCUT2D eigenvalue weighted by Crippen LogP contribution is 2.34. The summed E-state index contributed by atoms with van der Waals surface area (Å²) in [5.74, 6) is 0. The zero-order chi connectivity index (χ0) is 8.55. The van der Waals surface area contributed by atoms with Crippen LogP contribution in [0.15, 0.2) is 0 Å². The van der Waals surface area contributed by atoms with Crippen molar-refractivity contribution in [2.75, 3.05) is 6.54 Å². The van der Waals surface area contributed by atoms with Gasteiger partial charge in [-0.15, -0.1) is 0 Å². The first-order chi connectivity index (χ1) is 5.81. The Morgan fingerprint density at radius 2 is 1.92 bits per heavy atom. The van der Waals surface area contributed by atoms with Crippen molar-refractivity contribution in [2.24, 2.45) is 0 Å². The summed E-state index contributed by atoms with van der Waals surface area (Å²) in [5.41, 5.74) is 0. The van der Waals surface area contributed by atoms with E-state index >= 15 is 0 Å². The molecule has 2 aliphatic heterocycles. The summed E-state index contributed by atoms with van der Waals surface area (Å²) in [5, 5.41) is 18.1. The fourth-order valence-corrected chi connectivity index (χ4v) is 2.59. The highest BCUT2D eigenvalue weighted by molar-refractivity contribution is 4.98. The van der Waals surface area contributed by atoms with E-state index in [1.54, 1.807) is 0 Å². The topological polar surface area (TPSA) is 47.3 Å². The van der Waals surface area contributed by atoms with Gasteiger partial charge in [-0.2, -0.15) is 5.26 Å². The number of piperidine rings is 1. The first-order valence-corrected chi connectivity index (χ1v) is 4.62. The lowest BCUT2D eigenvalue weighted by atomic mass is 10.0. The average molecular weight is 166 g/mol. The number of fused-ring (bicyclic) bond motifs is 2. The Morgan fingerprint density at radius 1 is 1.33 bits per heavy atom. The van der Waals surface area contributed by atoms with Crippen molar-refractivity contribution in [1.29, 1.82) is 5.26 Å². The third-order valence-corrected chi connectivity index (χ3v) is 3.11. The molecule has 66 valence electrons. The summed E-state index contributed by atoms with van der Waals surface area (Å²) in [6.07, 6.45) is 3.97. The van der Waals surface area contributed by atoms with E-state index in [1.807, 2.05) is 0 Å². The van der Waals surface area contributed by atoms with E-state index in [2.05, 4.69) is 11.0 Å². The van der Waals surface area contributed by atoms with Gasteiger partial charge in [-0.1, -0.05) is 0 Å². The van der Waals surface area contributed by atoms with Gasteiger partial charge in [0.2, 0.25) is 0 Å². The second-order valence-electron chi connectivity index (χ2n) is 3.84. The van der Waals surface area contributed by atoms with Gasteiger partial charge >= 0.3 is 0 Å². The molecule has 12 heavy (non-hydrogen) atoms. The summed E-state index contributed by atoms with van der Waals surface area (Å²) in [4.78, 5) is 2.26. The maximum atomic E-state index is 9.47. The fourth-order valence-electron chi connectivity index (χ4n) is 2.59. The zero-order valence-corrected chi connectivity index (χ0v) is 7.11. The monoisotopic (exact) mass is 166 g/mol. The van der Waals surface area contributed by atoms with Crippen molar-refractivity contribution in [3.8, 4) is 6.07 Å². The first-order valence-electron chi connectivity index (χ1n) is 4.62. The Labute approximate surface area is 72.6 Å². The predicted octanol–water partition coefficient (Wildman–Crippen LogP) is 0.498. The Kier molecular flexibility index (Phi) is 2.03. The molecule has 1 N–H and O–H groups in total. The van der Waals surface area contributed by atoms with E-state index < -0.39 is 0 Å². The smallest absolute Gasteiger partial charge is 0.0870 e. The molecule has 0 aromatic carbocycles. The van der Waals surface area contributed by atoms with Crippen LogP contribution in [0, 0.1) is 11.3 Å². The Bertz CT molecular complexity index is 197. The summed E-state index contributed by atoms with van der Waals surface area (Å²) in [7, 11) is 0. The average Bonchev–Trinajstić information content (AvgIpc) is 2.32. The van der Waals surface area contributed by atoms with Crippen LogP contribution in [-0.4, -0.2) is 34.7 Å². The van der Waals surface area contributed by atoms with Crippen LogP contribution in [0.3, 0.4) is 0 Å². The van der Waals surface area contributed by atoms with Gasteiger partial charge in [0, 0.05) is 12.1 Å². The number of rotatable bonds is 1. The van der Waals surface area contributed by atoms with Gasteiger partial charge in [0.25, 0.3) is 0 Å². The van der Waals surface area contributed by atoms with Gasteiger partial charge in [-0.05, 0) is 25.7 Å². The third-order valence-electron chi connectivity index (χ3n) is 3.11. The van der Waals surface area contributed by atoms with Crippen LogP contribution in [0.2, 0.25) is 0 Å². The van der Waals surface area contributed by atoms with Crippen molar-refractivity contribution >= 4 is 0 Å². The molecular weight excluding hydrogens is 152 g/mol. The number of hydrogen-bond acceptors (Lipinski definition) is 3. The SMILES string of the molecule is N#CCN1C2CCC1CC(O)C2. The van der Waals surface area contributed by atoms with Crippen molar-refractivity contribution in [3.05, 3.63) is 0 Å².